The summed E-state index contributed by atoms with van der Waals surface area (Å²) >= 11 is 0. The highest BCUT2D eigenvalue weighted by Crippen LogP contribution is 2.22. The molecule has 0 aliphatic carbocycles. The summed E-state index contributed by atoms with van der Waals surface area (Å²) in [6, 6.07) is 11.2. The van der Waals surface area contributed by atoms with Crippen LogP contribution in [0.1, 0.15) is 38.2 Å². The van der Waals surface area contributed by atoms with E-state index in [9.17, 15) is 0 Å². The van der Waals surface area contributed by atoms with Crippen LogP contribution in [0.25, 0.3) is 0 Å². The van der Waals surface area contributed by atoms with E-state index in [1.807, 2.05) is 0 Å². The second kappa shape index (κ2) is 6.91. The van der Waals surface area contributed by atoms with Gasteiger partial charge in [0.25, 0.3) is 0 Å². The van der Waals surface area contributed by atoms with E-state index in [0.717, 1.165) is 12.5 Å². The molecule has 1 saturated heterocycles. The topological polar surface area (TPSA) is 29.3 Å². The fraction of sp³-hybridized carbons (Fsp3) is 0.625. The molecule has 100 valence electrons. The van der Waals surface area contributed by atoms with Gasteiger partial charge in [0.2, 0.25) is 0 Å². The molecule has 2 nitrogen and oxygen atoms in total. The number of nitrogens with two attached hydrogens (primary N) is 1. The molecule has 1 fully saturated rings. The van der Waals surface area contributed by atoms with Crippen LogP contribution < -0.4 is 5.73 Å². The van der Waals surface area contributed by atoms with Gasteiger partial charge in [0.05, 0.1) is 0 Å². The zero-order chi connectivity index (χ0) is 12.8. The van der Waals surface area contributed by atoms with Crippen molar-refractivity contribution in [1.29, 1.82) is 0 Å². The first-order chi connectivity index (χ1) is 8.74. The first-order valence-corrected chi connectivity index (χ1v) is 7.26. The highest BCUT2D eigenvalue weighted by atomic mass is 15.1. The van der Waals surface area contributed by atoms with Crippen molar-refractivity contribution in [3.63, 3.8) is 0 Å². The molecule has 1 aliphatic heterocycles. The van der Waals surface area contributed by atoms with E-state index in [1.165, 1.54) is 44.3 Å². The lowest BCUT2D eigenvalue weighted by molar-refractivity contribution is 0.270. The van der Waals surface area contributed by atoms with Gasteiger partial charge in [-0.15, -0.1) is 0 Å². The largest absolute Gasteiger partial charge is 0.328 e. The molecule has 18 heavy (non-hydrogen) atoms. The smallest absolute Gasteiger partial charge is 0.0233 e. The summed E-state index contributed by atoms with van der Waals surface area (Å²) in [7, 11) is 0. The highest BCUT2D eigenvalue weighted by molar-refractivity contribution is 5.14. The van der Waals surface area contributed by atoms with E-state index < -0.39 is 0 Å². The van der Waals surface area contributed by atoms with Crippen molar-refractivity contribution in [3.8, 4) is 0 Å². The summed E-state index contributed by atoms with van der Waals surface area (Å²) in [5, 5.41) is 0. The lowest BCUT2D eigenvalue weighted by Gasteiger charge is -2.20. The molecular weight excluding hydrogens is 220 g/mol. The molecule has 0 aromatic heterocycles. The van der Waals surface area contributed by atoms with Gasteiger partial charge in [-0.25, -0.2) is 0 Å². The predicted octanol–water partition coefficient (Wildman–Crippen LogP) is 3.03. The average molecular weight is 246 g/mol. The summed E-state index contributed by atoms with van der Waals surface area (Å²) < 4.78 is 0. The van der Waals surface area contributed by atoms with Crippen LogP contribution in [-0.2, 0) is 6.54 Å². The first kappa shape index (κ1) is 13.6. The van der Waals surface area contributed by atoms with E-state index >= 15 is 0 Å². The molecule has 1 aromatic rings. The number of rotatable bonds is 4. The summed E-state index contributed by atoms with van der Waals surface area (Å²) in [5.41, 5.74) is 7.35. The molecule has 0 bridgehead atoms. The molecule has 2 heteroatoms. The van der Waals surface area contributed by atoms with E-state index in [1.54, 1.807) is 0 Å². The fourth-order valence-corrected chi connectivity index (χ4v) is 2.99. The quantitative estimate of drug-likeness (QED) is 0.885. The lowest BCUT2D eigenvalue weighted by Crippen LogP contribution is -2.25. The summed E-state index contributed by atoms with van der Waals surface area (Å²) in [5.74, 6) is 0.839. The van der Waals surface area contributed by atoms with Gasteiger partial charge in [0, 0.05) is 12.6 Å². The molecule has 0 radical (unpaired) electrons. The van der Waals surface area contributed by atoms with Gasteiger partial charge in [-0.3, -0.25) is 4.90 Å². The second-order valence-corrected chi connectivity index (χ2v) is 5.77. The van der Waals surface area contributed by atoms with Crippen LogP contribution in [-0.4, -0.2) is 24.0 Å². The minimum Gasteiger partial charge on any atom is -0.328 e. The Kier molecular flexibility index (Phi) is 5.21. The molecular formula is C16H26N2. The van der Waals surface area contributed by atoms with Crippen molar-refractivity contribution >= 4 is 0 Å². The second-order valence-electron chi connectivity index (χ2n) is 5.77. The van der Waals surface area contributed by atoms with Gasteiger partial charge >= 0.3 is 0 Å². The third-order valence-corrected chi connectivity index (χ3v) is 3.89. The number of likely N-dealkylation sites (tertiary alicyclic amines) is 1. The first-order valence-electron chi connectivity index (χ1n) is 7.26. The van der Waals surface area contributed by atoms with E-state index in [2.05, 4.69) is 42.2 Å². The Morgan fingerprint density at radius 3 is 2.72 bits per heavy atom. The standard InChI is InChI=1S/C16H26N2/c1-14(17)12-15-8-5-10-18(11-9-15)13-16-6-3-2-4-7-16/h2-4,6-7,14-15H,5,8-13,17H2,1H3. The molecule has 0 amide bonds. The molecule has 2 rings (SSSR count). The van der Waals surface area contributed by atoms with Gasteiger partial charge < -0.3 is 5.73 Å². The van der Waals surface area contributed by atoms with Crippen LogP contribution in [0.15, 0.2) is 30.3 Å². The third-order valence-electron chi connectivity index (χ3n) is 3.89. The number of hydrogen-bond donors (Lipinski definition) is 1. The van der Waals surface area contributed by atoms with E-state index in [-0.39, 0.29) is 0 Å². The number of hydrogen-bond acceptors (Lipinski definition) is 2. The molecule has 2 atom stereocenters. The van der Waals surface area contributed by atoms with Crippen LogP contribution in [0.2, 0.25) is 0 Å². The van der Waals surface area contributed by atoms with E-state index in [4.69, 9.17) is 5.73 Å². The van der Waals surface area contributed by atoms with Crippen LogP contribution in [0.4, 0.5) is 0 Å². The van der Waals surface area contributed by atoms with Crippen molar-refractivity contribution in [3.05, 3.63) is 35.9 Å². The van der Waals surface area contributed by atoms with Crippen LogP contribution in [0.3, 0.4) is 0 Å². The van der Waals surface area contributed by atoms with Crippen LogP contribution in [0, 0.1) is 5.92 Å². The molecule has 2 unspecified atom stereocenters. The maximum absolute atomic E-state index is 5.92. The van der Waals surface area contributed by atoms with Gasteiger partial charge in [-0.2, -0.15) is 0 Å². The van der Waals surface area contributed by atoms with Crippen molar-refractivity contribution in [2.45, 2.75) is 45.2 Å². The summed E-state index contributed by atoms with van der Waals surface area (Å²) in [6.45, 7) is 5.70. The Morgan fingerprint density at radius 2 is 2.00 bits per heavy atom. The molecule has 0 saturated carbocycles. The monoisotopic (exact) mass is 246 g/mol. The highest BCUT2D eigenvalue weighted by Gasteiger charge is 2.17. The molecule has 2 N–H and O–H groups in total. The Morgan fingerprint density at radius 1 is 1.22 bits per heavy atom. The maximum atomic E-state index is 5.92. The number of benzene rings is 1. The minimum atomic E-state index is 0.357. The molecule has 1 aromatic carbocycles. The van der Waals surface area contributed by atoms with Gasteiger partial charge in [0.1, 0.15) is 0 Å². The predicted molar refractivity (Wildman–Crippen MR) is 77.3 cm³/mol. The molecule has 1 heterocycles. The van der Waals surface area contributed by atoms with Gasteiger partial charge in [-0.05, 0) is 57.2 Å². The van der Waals surface area contributed by atoms with Crippen LogP contribution >= 0.6 is 0 Å². The zero-order valence-electron chi connectivity index (χ0n) is 11.5. The molecule has 1 aliphatic rings. The third kappa shape index (κ3) is 4.43. The van der Waals surface area contributed by atoms with Crippen LogP contribution in [0.5, 0.6) is 0 Å². The number of nitrogens with zero attached hydrogens (tertiary/aromatic N) is 1. The SMILES string of the molecule is CC(N)CC1CCCN(Cc2ccccc2)CC1. The van der Waals surface area contributed by atoms with Crippen molar-refractivity contribution in [2.75, 3.05) is 13.1 Å². The summed E-state index contributed by atoms with van der Waals surface area (Å²) in [4.78, 5) is 2.59. The maximum Gasteiger partial charge on any atom is 0.0233 e. The average Bonchev–Trinajstić information content (AvgIpc) is 2.56. The normalized spacial score (nSPS) is 23.6. The van der Waals surface area contributed by atoms with Gasteiger partial charge in [-0.1, -0.05) is 30.3 Å². The Bertz CT molecular complexity index is 334. The Hall–Kier alpha value is -0.860. The van der Waals surface area contributed by atoms with E-state index in [0.29, 0.717) is 6.04 Å². The Labute approximate surface area is 111 Å². The summed E-state index contributed by atoms with van der Waals surface area (Å²) in [6.07, 6.45) is 5.19. The van der Waals surface area contributed by atoms with Crippen molar-refractivity contribution in [2.24, 2.45) is 11.7 Å². The fourth-order valence-electron chi connectivity index (χ4n) is 2.99. The molecule has 0 spiro atoms. The van der Waals surface area contributed by atoms with Gasteiger partial charge in [0.15, 0.2) is 0 Å². The van der Waals surface area contributed by atoms with Crippen molar-refractivity contribution < 1.29 is 0 Å². The minimum absolute atomic E-state index is 0.357. The Balaban J connectivity index is 1.82. The zero-order valence-corrected chi connectivity index (χ0v) is 11.5. The van der Waals surface area contributed by atoms with Crippen molar-refractivity contribution in [1.82, 2.24) is 4.90 Å². The lowest BCUT2D eigenvalue weighted by atomic mass is 9.94.